The number of carbonyl (C=O) groups is 2. The maximum Gasteiger partial charge on any atom is 0.338 e. The van der Waals surface area contributed by atoms with Crippen LogP contribution in [0.2, 0.25) is 0 Å². The van der Waals surface area contributed by atoms with Gasteiger partial charge in [-0.15, -0.1) is 0 Å². The minimum absolute atomic E-state index is 0.00704. The Morgan fingerprint density at radius 3 is 2.65 bits per heavy atom. The molecule has 1 aromatic carbocycles. The number of rotatable bonds is 9. The molecule has 0 aliphatic heterocycles. The minimum atomic E-state index is -1.13. The molecule has 0 saturated heterocycles. The third-order valence-corrected chi connectivity index (χ3v) is 3.20. The van der Waals surface area contributed by atoms with Crippen LogP contribution >= 0.6 is 0 Å². The van der Waals surface area contributed by atoms with Crippen LogP contribution in [0.15, 0.2) is 47.1 Å². The largest absolute Gasteiger partial charge is 0.478 e. The van der Waals surface area contributed by atoms with E-state index < -0.39 is 11.9 Å². The van der Waals surface area contributed by atoms with Crippen LogP contribution in [0.3, 0.4) is 0 Å². The fraction of sp³-hybridized carbons (Fsp3) is 0.294. The first kappa shape index (κ1) is 16.8. The smallest absolute Gasteiger partial charge is 0.338 e. The van der Waals surface area contributed by atoms with E-state index in [9.17, 15) is 9.59 Å². The van der Waals surface area contributed by atoms with Crippen LogP contribution < -0.4 is 5.32 Å². The third-order valence-electron chi connectivity index (χ3n) is 3.20. The van der Waals surface area contributed by atoms with E-state index in [4.69, 9.17) is 14.3 Å². The maximum absolute atomic E-state index is 11.7. The van der Waals surface area contributed by atoms with Gasteiger partial charge in [-0.25, -0.2) is 4.79 Å². The van der Waals surface area contributed by atoms with Crippen molar-refractivity contribution < 1.29 is 23.8 Å². The molecule has 1 amide bonds. The van der Waals surface area contributed by atoms with Crippen molar-refractivity contribution in [2.24, 2.45) is 0 Å². The zero-order valence-electron chi connectivity index (χ0n) is 12.7. The molecule has 0 spiro atoms. The Morgan fingerprint density at radius 2 is 1.96 bits per heavy atom. The molecule has 0 unspecified atom stereocenters. The molecule has 0 saturated carbocycles. The van der Waals surface area contributed by atoms with Gasteiger partial charge in [-0.05, 0) is 18.4 Å². The van der Waals surface area contributed by atoms with Gasteiger partial charge in [0, 0.05) is 19.2 Å². The van der Waals surface area contributed by atoms with Gasteiger partial charge in [0.05, 0.1) is 12.2 Å². The molecule has 23 heavy (non-hydrogen) atoms. The number of amides is 1. The van der Waals surface area contributed by atoms with Crippen molar-refractivity contribution in [3.63, 3.8) is 0 Å². The summed E-state index contributed by atoms with van der Waals surface area (Å²) in [5, 5.41) is 11.4. The van der Waals surface area contributed by atoms with Gasteiger partial charge in [0.15, 0.2) is 5.76 Å². The highest BCUT2D eigenvalue weighted by atomic mass is 16.5. The quantitative estimate of drug-likeness (QED) is 0.693. The van der Waals surface area contributed by atoms with Crippen molar-refractivity contribution in [1.29, 1.82) is 0 Å². The number of hydrogen-bond donors (Lipinski definition) is 2. The van der Waals surface area contributed by atoms with E-state index in [0.717, 1.165) is 12.7 Å². The lowest BCUT2D eigenvalue weighted by Gasteiger charge is -2.05. The monoisotopic (exact) mass is 317 g/mol. The lowest BCUT2D eigenvalue weighted by atomic mass is 10.2. The summed E-state index contributed by atoms with van der Waals surface area (Å²) in [4.78, 5) is 22.4. The standard InChI is InChI=1S/C17H19NO5/c19-16(15-11-14(12-23-15)17(20)21)18-8-4-9-22-10-7-13-5-2-1-3-6-13/h1-3,5-6,11-12H,4,7-10H2,(H,18,19)(H,20,21). The zero-order chi connectivity index (χ0) is 16.5. The number of aromatic carboxylic acids is 1. The maximum atomic E-state index is 11.7. The number of nitrogens with one attached hydrogen (secondary N) is 1. The number of carboxylic acid groups (broad SMARTS) is 1. The number of benzene rings is 1. The summed E-state index contributed by atoms with van der Waals surface area (Å²) in [5.74, 6) is -1.56. The van der Waals surface area contributed by atoms with Crippen LogP contribution in [0.5, 0.6) is 0 Å². The van der Waals surface area contributed by atoms with Gasteiger partial charge in [-0.2, -0.15) is 0 Å². The average molecular weight is 317 g/mol. The Bertz CT molecular complexity index is 635. The lowest BCUT2D eigenvalue weighted by Crippen LogP contribution is -2.25. The number of furan rings is 1. The molecule has 2 rings (SSSR count). The Balaban J connectivity index is 1.56. The Kier molecular flexibility index (Phi) is 6.38. The lowest BCUT2D eigenvalue weighted by molar-refractivity contribution is 0.0695. The molecule has 122 valence electrons. The van der Waals surface area contributed by atoms with Gasteiger partial charge in [0.2, 0.25) is 0 Å². The second-order valence-electron chi connectivity index (χ2n) is 4.96. The van der Waals surface area contributed by atoms with Gasteiger partial charge in [0.1, 0.15) is 6.26 Å². The van der Waals surface area contributed by atoms with Crippen LogP contribution in [-0.4, -0.2) is 36.7 Å². The van der Waals surface area contributed by atoms with E-state index in [1.807, 2.05) is 18.2 Å². The number of ether oxygens (including phenoxy) is 1. The fourth-order valence-electron chi connectivity index (χ4n) is 1.97. The zero-order valence-corrected chi connectivity index (χ0v) is 12.7. The second kappa shape index (κ2) is 8.75. The van der Waals surface area contributed by atoms with Crippen molar-refractivity contribution in [2.45, 2.75) is 12.8 Å². The van der Waals surface area contributed by atoms with E-state index in [1.54, 1.807) is 0 Å². The van der Waals surface area contributed by atoms with Crippen LogP contribution in [-0.2, 0) is 11.2 Å². The molecule has 0 radical (unpaired) electrons. The molecular formula is C17H19NO5. The number of hydrogen-bond acceptors (Lipinski definition) is 4. The van der Waals surface area contributed by atoms with Crippen molar-refractivity contribution >= 4 is 11.9 Å². The Hall–Kier alpha value is -2.60. The van der Waals surface area contributed by atoms with Gasteiger partial charge in [-0.1, -0.05) is 30.3 Å². The van der Waals surface area contributed by atoms with Crippen molar-refractivity contribution in [2.75, 3.05) is 19.8 Å². The first-order valence-electron chi connectivity index (χ1n) is 7.38. The summed E-state index contributed by atoms with van der Waals surface area (Å²) in [6, 6.07) is 11.3. The highest BCUT2D eigenvalue weighted by molar-refractivity contribution is 5.95. The predicted octanol–water partition coefficient (Wildman–Crippen LogP) is 2.36. The van der Waals surface area contributed by atoms with Crippen molar-refractivity contribution in [3.05, 3.63) is 59.5 Å². The van der Waals surface area contributed by atoms with E-state index in [1.165, 1.54) is 11.6 Å². The third kappa shape index (κ3) is 5.60. The average Bonchev–Trinajstić information content (AvgIpc) is 3.05. The normalized spacial score (nSPS) is 10.4. The summed E-state index contributed by atoms with van der Waals surface area (Å²) in [5.41, 5.74) is 1.19. The van der Waals surface area contributed by atoms with Crippen LogP contribution in [0.25, 0.3) is 0 Å². The fourth-order valence-corrected chi connectivity index (χ4v) is 1.97. The Morgan fingerprint density at radius 1 is 1.17 bits per heavy atom. The van der Waals surface area contributed by atoms with Gasteiger partial charge < -0.3 is 19.6 Å². The van der Waals surface area contributed by atoms with Gasteiger partial charge in [0.25, 0.3) is 5.91 Å². The number of carbonyl (C=O) groups excluding carboxylic acids is 1. The second-order valence-corrected chi connectivity index (χ2v) is 4.96. The minimum Gasteiger partial charge on any atom is -0.478 e. The molecule has 0 aliphatic carbocycles. The molecule has 6 heteroatoms. The molecule has 0 bridgehead atoms. The predicted molar refractivity (Wildman–Crippen MR) is 83.6 cm³/mol. The molecule has 1 aromatic heterocycles. The summed E-state index contributed by atoms with van der Waals surface area (Å²) >= 11 is 0. The molecule has 2 N–H and O–H groups in total. The first-order chi connectivity index (χ1) is 11.2. The summed E-state index contributed by atoms with van der Waals surface area (Å²) in [7, 11) is 0. The van der Waals surface area contributed by atoms with Crippen LogP contribution in [0.1, 0.15) is 32.9 Å². The molecule has 0 atom stereocenters. The van der Waals surface area contributed by atoms with E-state index in [2.05, 4.69) is 17.4 Å². The first-order valence-corrected chi connectivity index (χ1v) is 7.38. The highest BCUT2D eigenvalue weighted by Crippen LogP contribution is 2.07. The van der Waals surface area contributed by atoms with Crippen molar-refractivity contribution in [3.8, 4) is 0 Å². The number of carboxylic acids is 1. The summed E-state index contributed by atoms with van der Waals surface area (Å²) in [6.45, 7) is 1.62. The SMILES string of the molecule is O=C(O)c1coc(C(=O)NCCCOCCc2ccccc2)c1. The molecule has 2 aromatic rings. The topological polar surface area (TPSA) is 88.8 Å². The van der Waals surface area contributed by atoms with E-state index >= 15 is 0 Å². The molecular weight excluding hydrogens is 298 g/mol. The highest BCUT2D eigenvalue weighted by Gasteiger charge is 2.13. The van der Waals surface area contributed by atoms with Crippen LogP contribution in [0.4, 0.5) is 0 Å². The van der Waals surface area contributed by atoms with Gasteiger partial charge in [-0.3, -0.25) is 4.79 Å². The summed E-state index contributed by atoms with van der Waals surface area (Å²) < 4.78 is 10.4. The summed E-state index contributed by atoms with van der Waals surface area (Å²) in [6.07, 6.45) is 2.58. The molecule has 6 nitrogen and oxygen atoms in total. The van der Waals surface area contributed by atoms with Crippen LogP contribution in [0, 0.1) is 0 Å². The van der Waals surface area contributed by atoms with Gasteiger partial charge >= 0.3 is 5.97 Å². The molecule has 0 fully saturated rings. The van der Waals surface area contributed by atoms with E-state index in [0.29, 0.717) is 26.2 Å². The van der Waals surface area contributed by atoms with Crippen molar-refractivity contribution in [1.82, 2.24) is 5.32 Å². The molecule has 0 aliphatic rings. The molecule has 1 heterocycles. The Labute approximate surface area is 134 Å². The van der Waals surface area contributed by atoms with E-state index in [-0.39, 0.29) is 11.3 Å².